The van der Waals surface area contributed by atoms with Gasteiger partial charge in [0, 0.05) is 40.5 Å². The van der Waals surface area contributed by atoms with Gasteiger partial charge in [0.1, 0.15) is 0 Å². The first-order valence-corrected chi connectivity index (χ1v) is 24.9. The predicted molar refractivity (Wildman–Crippen MR) is 271 cm³/mol. The summed E-state index contributed by atoms with van der Waals surface area (Å²) >= 11 is 7.60. The van der Waals surface area contributed by atoms with Crippen LogP contribution in [0.2, 0.25) is 0 Å². The highest BCUT2D eigenvalue weighted by Gasteiger charge is 2.15. The molecule has 0 aromatic carbocycles. The van der Waals surface area contributed by atoms with Crippen LogP contribution in [0.25, 0.3) is 5.57 Å². The highest BCUT2D eigenvalue weighted by atomic mass is 32.2. The summed E-state index contributed by atoms with van der Waals surface area (Å²) in [5, 5.41) is 2.68. The van der Waals surface area contributed by atoms with Gasteiger partial charge in [-0.1, -0.05) is 146 Å². The summed E-state index contributed by atoms with van der Waals surface area (Å²) in [6.07, 6.45) is 45.5. The Morgan fingerprint density at radius 3 is 2.16 bits per heavy atom. The molecular weight excluding hydrogens is 779 g/mol. The fourth-order valence-corrected chi connectivity index (χ4v) is 11.3. The molecule has 5 heteroatoms. The summed E-state index contributed by atoms with van der Waals surface area (Å²) in [6.45, 7) is 26.1. The predicted octanol–water partition coefficient (Wildman–Crippen LogP) is 17.6. The molecule has 3 atom stereocenters. The van der Waals surface area contributed by atoms with Gasteiger partial charge in [0.25, 0.3) is 0 Å². The zero-order valence-electron chi connectivity index (χ0n) is 37.1. The van der Waals surface area contributed by atoms with E-state index in [-0.39, 0.29) is 5.92 Å². The van der Waals surface area contributed by atoms with E-state index >= 15 is 0 Å². The number of unbranched alkanes of at least 4 members (excludes halogenated alkanes) is 6. The smallest absolute Gasteiger partial charge is 0.0435 e. The molecule has 0 aliphatic heterocycles. The molecule has 2 aromatic rings. The van der Waals surface area contributed by atoms with E-state index < -0.39 is 0 Å². The third kappa shape index (κ3) is 19.3. The molecule has 2 heterocycles. The molecule has 0 spiro atoms. The van der Waals surface area contributed by atoms with Crippen LogP contribution < -0.4 is 5.73 Å². The van der Waals surface area contributed by atoms with Crippen molar-refractivity contribution in [1.82, 2.24) is 0 Å². The second-order valence-corrected chi connectivity index (χ2v) is 19.7. The maximum absolute atomic E-state index is 6.15. The highest BCUT2D eigenvalue weighted by Crippen LogP contribution is 2.41. The highest BCUT2D eigenvalue weighted by molar-refractivity contribution is 8.03. The number of hydrogen-bond acceptors (Lipinski definition) is 5. The first-order valence-electron chi connectivity index (χ1n) is 21.5. The van der Waals surface area contributed by atoms with Gasteiger partial charge in [0.05, 0.1) is 0 Å². The first-order chi connectivity index (χ1) is 28.0. The summed E-state index contributed by atoms with van der Waals surface area (Å²) in [7, 11) is 0. The van der Waals surface area contributed by atoms with Crippen molar-refractivity contribution in [3.63, 3.8) is 0 Å². The maximum Gasteiger partial charge on any atom is 0.0435 e. The van der Waals surface area contributed by atoms with Crippen LogP contribution in [0.4, 0.5) is 0 Å². The van der Waals surface area contributed by atoms with Gasteiger partial charge < -0.3 is 5.73 Å². The van der Waals surface area contributed by atoms with Gasteiger partial charge in [0.2, 0.25) is 0 Å². The van der Waals surface area contributed by atoms with Gasteiger partial charge in [0.15, 0.2) is 0 Å². The van der Waals surface area contributed by atoms with Crippen molar-refractivity contribution in [2.75, 3.05) is 0 Å². The van der Waals surface area contributed by atoms with Crippen LogP contribution >= 0.6 is 46.2 Å². The lowest BCUT2D eigenvalue weighted by molar-refractivity contribution is 0.670. The third-order valence-electron chi connectivity index (χ3n) is 9.94. The molecule has 0 fully saturated rings. The molecule has 0 radical (unpaired) electrons. The minimum absolute atomic E-state index is 0.0798. The second-order valence-electron chi connectivity index (χ2n) is 15.1. The largest absolute Gasteiger partial charge is 0.405 e. The molecule has 2 aromatic heterocycles. The Labute approximate surface area is 372 Å². The fraction of sp³-hybridized carbons (Fsp3) is 0.434. The van der Waals surface area contributed by atoms with Gasteiger partial charge in [-0.25, -0.2) is 0 Å². The Morgan fingerprint density at radius 1 is 0.897 bits per heavy atom. The van der Waals surface area contributed by atoms with Crippen LogP contribution in [0, 0.1) is 31.1 Å². The van der Waals surface area contributed by atoms with Crippen molar-refractivity contribution < 1.29 is 0 Å². The van der Waals surface area contributed by atoms with E-state index in [9.17, 15) is 0 Å². The topological polar surface area (TPSA) is 26.0 Å². The molecular formula is C53H73NS4. The van der Waals surface area contributed by atoms with E-state index in [0.29, 0.717) is 17.6 Å². The summed E-state index contributed by atoms with van der Waals surface area (Å²) in [6, 6.07) is 4.79. The van der Waals surface area contributed by atoms with Crippen molar-refractivity contribution in [2.45, 2.75) is 143 Å². The number of allylic oxidation sites excluding steroid dienone is 15. The molecule has 2 N–H and O–H groups in total. The zero-order chi connectivity index (χ0) is 42.7. The number of aryl methyl sites for hydroxylation is 3. The van der Waals surface area contributed by atoms with Crippen molar-refractivity contribution in [3.8, 4) is 12.3 Å². The summed E-state index contributed by atoms with van der Waals surface area (Å²) < 4.78 is 0. The molecule has 0 saturated carbocycles. The Bertz CT molecular complexity index is 1840. The molecule has 2 rings (SSSR count). The van der Waals surface area contributed by atoms with Crippen LogP contribution in [0.15, 0.2) is 130 Å². The minimum atomic E-state index is -0.0798. The second kappa shape index (κ2) is 30.0. The van der Waals surface area contributed by atoms with E-state index in [2.05, 4.69) is 140 Å². The van der Waals surface area contributed by atoms with E-state index in [1.54, 1.807) is 6.20 Å². The van der Waals surface area contributed by atoms with Gasteiger partial charge in [-0.05, 0) is 142 Å². The lowest BCUT2D eigenvalue weighted by Gasteiger charge is -2.12. The van der Waals surface area contributed by atoms with Crippen LogP contribution in [0.1, 0.15) is 143 Å². The van der Waals surface area contributed by atoms with Crippen LogP contribution in [0.5, 0.6) is 0 Å². The molecule has 0 bridgehead atoms. The standard InChI is InChI=1S/C53H73NS4/c1-12-18-20-22-26-49-36-42(10)53(58-49)43(11)56-48(25-15-4)33-31-46(24-14-3)37-44(17-6)28-29-45(34-35-54)30-32-47(41(9)16-5)39-55-51-38-50(27-23-21-19-13-2)57-52(51)40(7)8/h6,14-15,24-25,29-39,41,43-44H,4,7,12-13,16,18-23,26-28,54H2,1-3,5,8-11H3/b24-14-,32-30+,33-31+,35-34-,45-29-,46-37+,47-39-,48-25-/t41?,43?,44-/m1/s1. The van der Waals surface area contributed by atoms with Crippen molar-refractivity contribution in [1.29, 1.82) is 0 Å². The number of thiophene rings is 2. The third-order valence-corrected chi connectivity index (χ3v) is 15.2. The molecule has 1 nitrogen and oxygen atoms in total. The number of thioether (sulfide) groups is 2. The van der Waals surface area contributed by atoms with Gasteiger partial charge in [-0.15, -0.1) is 40.9 Å². The SMILES string of the molecule is C#C[C@@H](/C=C(\C=C/C)/C=C/C(=C/C=C)SC(C)c1sc(CCCCCC)cc1C)C/C=C(\C=C/N)/C=C/C(=C/Sc1cc(CCCCCC)sc1C(=C)C)C(C)CC. The van der Waals surface area contributed by atoms with E-state index in [1.165, 1.54) is 98.2 Å². The molecule has 0 saturated heterocycles. The lowest BCUT2D eigenvalue weighted by atomic mass is 9.97. The molecule has 2 unspecified atom stereocenters. The summed E-state index contributed by atoms with van der Waals surface area (Å²) in [5.41, 5.74) is 11.9. The normalized spacial score (nSPS) is 14.9. The van der Waals surface area contributed by atoms with Crippen molar-refractivity contribution in [2.24, 2.45) is 17.6 Å². The van der Waals surface area contributed by atoms with Crippen LogP contribution in [-0.4, -0.2) is 0 Å². The van der Waals surface area contributed by atoms with Gasteiger partial charge >= 0.3 is 0 Å². The fourth-order valence-electron chi connectivity index (χ4n) is 6.38. The van der Waals surface area contributed by atoms with Gasteiger partial charge in [-0.3, -0.25) is 0 Å². The molecule has 314 valence electrons. The monoisotopic (exact) mass is 851 g/mol. The Balaban J connectivity index is 2.26. The average molecular weight is 852 g/mol. The number of nitrogens with two attached hydrogens (primary N) is 1. The molecule has 0 aliphatic rings. The summed E-state index contributed by atoms with van der Waals surface area (Å²) in [4.78, 5) is 8.22. The van der Waals surface area contributed by atoms with Crippen LogP contribution in [-0.2, 0) is 12.8 Å². The minimum Gasteiger partial charge on any atom is -0.405 e. The average Bonchev–Trinajstić information content (AvgIpc) is 3.80. The van der Waals surface area contributed by atoms with Crippen LogP contribution in [0.3, 0.4) is 0 Å². The van der Waals surface area contributed by atoms with Crippen molar-refractivity contribution in [3.05, 3.63) is 150 Å². The Kier molecular flexibility index (Phi) is 26.4. The number of rotatable bonds is 28. The molecule has 0 aliphatic carbocycles. The number of hydrogen-bond donors (Lipinski definition) is 1. The zero-order valence-corrected chi connectivity index (χ0v) is 40.3. The maximum atomic E-state index is 6.15. The van der Waals surface area contributed by atoms with E-state index in [4.69, 9.17) is 12.2 Å². The van der Waals surface area contributed by atoms with Gasteiger partial charge in [-0.2, -0.15) is 0 Å². The molecule has 58 heavy (non-hydrogen) atoms. The Hall–Kier alpha value is -3.14. The lowest BCUT2D eigenvalue weighted by Crippen LogP contribution is -1.95. The number of terminal acetylenes is 1. The Morgan fingerprint density at radius 2 is 1.57 bits per heavy atom. The van der Waals surface area contributed by atoms with Crippen molar-refractivity contribution >= 4 is 51.8 Å². The van der Waals surface area contributed by atoms with E-state index in [1.807, 2.05) is 65.3 Å². The van der Waals surface area contributed by atoms with E-state index in [0.717, 1.165) is 29.6 Å². The quantitative estimate of drug-likeness (QED) is 0.0400. The molecule has 0 amide bonds. The summed E-state index contributed by atoms with van der Waals surface area (Å²) in [5.74, 6) is 3.36. The first kappa shape index (κ1) is 51.0.